The summed E-state index contributed by atoms with van der Waals surface area (Å²) in [5.41, 5.74) is 0.861. The van der Waals surface area contributed by atoms with E-state index in [1.807, 2.05) is 19.9 Å². The van der Waals surface area contributed by atoms with Gasteiger partial charge in [0.15, 0.2) is 5.17 Å². The molecule has 1 aromatic carbocycles. The number of benzene rings is 1. The lowest BCUT2D eigenvalue weighted by atomic mass is 10.2. The summed E-state index contributed by atoms with van der Waals surface area (Å²) in [6.45, 7) is 4.93. The van der Waals surface area contributed by atoms with E-state index in [1.165, 1.54) is 11.8 Å². The van der Waals surface area contributed by atoms with Crippen molar-refractivity contribution in [2.45, 2.75) is 25.5 Å². The third-order valence-electron chi connectivity index (χ3n) is 3.32. The van der Waals surface area contributed by atoms with Gasteiger partial charge < -0.3 is 5.32 Å². The Hall–Kier alpha value is -2.33. The minimum absolute atomic E-state index is 0.0580. The summed E-state index contributed by atoms with van der Waals surface area (Å²) in [5, 5.41) is 12.0. The van der Waals surface area contributed by atoms with Crippen molar-refractivity contribution < 1.29 is 9.59 Å². The summed E-state index contributed by atoms with van der Waals surface area (Å²) in [7, 11) is 0. The van der Waals surface area contributed by atoms with Gasteiger partial charge in [-0.1, -0.05) is 23.9 Å². The number of nitrogens with zero attached hydrogens (tertiary/aromatic N) is 3. The van der Waals surface area contributed by atoms with Crippen LogP contribution in [0.4, 0.5) is 5.69 Å². The van der Waals surface area contributed by atoms with E-state index in [-0.39, 0.29) is 18.2 Å². The van der Waals surface area contributed by atoms with Crippen LogP contribution in [0.3, 0.4) is 0 Å². The summed E-state index contributed by atoms with van der Waals surface area (Å²) >= 11 is 1.33. The molecule has 6 nitrogen and oxygen atoms in total. The fraction of sp³-hybridized carbons (Fsp3) is 0.375. The van der Waals surface area contributed by atoms with Gasteiger partial charge in [-0.3, -0.25) is 19.5 Å². The Morgan fingerprint density at radius 3 is 2.83 bits per heavy atom. The van der Waals surface area contributed by atoms with Crippen molar-refractivity contribution in [2.75, 3.05) is 18.4 Å². The molecule has 0 spiro atoms. The van der Waals surface area contributed by atoms with Crippen molar-refractivity contribution in [3.63, 3.8) is 0 Å². The maximum absolute atomic E-state index is 12.3. The molecule has 1 aliphatic rings. The van der Waals surface area contributed by atoms with Crippen molar-refractivity contribution in [3.05, 3.63) is 29.8 Å². The van der Waals surface area contributed by atoms with E-state index < -0.39 is 5.25 Å². The number of hydrogen-bond donors (Lipinski definition) is 1. The van der Waals surface area contributed by atoms with Crippen molar-refractivity contribution >= 4 is 34.4 Å². The van der Waals surface area contributed by atoms with Crippen LogP contribution in [0.1, 0.15) is 25.8 Å². The lowest BCUT2D eigenvalue weighted by Crippen LogP contribution is -2.33. The molecule has 0 aliphatic carbocycles. The molecule has 1 aromatic rings. The number of aliphatic imine (C=N–C) groups is 1. The lowest BCUT2D eigenvalue weighted by molar-refractivity contribution is -0.128. The molecule has 1 saturated heterocycles. The molecule has 1 atom stereocenters. The number of nitriles is 1. The Morgan fingerprint density at radius 2 is 2.17 bits per heavy atom. The van der Waals surface area contributed by atoms with Gasteiger partial charge in [-0.15, -0.1) is 0 Å². The number of carbonyl (C=O) groups is 2. The fourth-order valence-electron chi connectivity index (χ4n) is 2.25. The molecular weight excluding hydrogens is 312 g/mol. The Bertz CT molecular complexity index is 681. The predicted octanol–water partition coefficient (Wildman–Crippen LogP) is 2.23. The van der Waals surface area contributed by atoms with Crippen molar-refractivity contribution in [1.29, 1.82) is 5.26 Å². The summed E-state index contributed by atoms with van der Waals surface area (Å²) in [4.78, 5) is 30.4. The van der Waals surface area contributed by atoms with Crippen LogP contribution in [0.25, 0.3) is 0 Å². The quantitative estimate of drug-likeness (QED) is 0.897. The van der Waals surface area contributed by atoms with E-state index in [2.05, 4.69) is 10.3 Å². The molecule has 2 rings (SSSR count). The van der Waals surface area contributed by atoms with Gasteiger partial charge in [-0.25, -0.2) is 0 Å². The molecule has 1 aliphatic heterocycles. The molecule has 7 heteroatoms. The van der Waals surface area contributed by atoms with Crippen LogP contribution < -0.4 is 5.32 Å². The zero-order chi connectivity index (χ0) is 16.8. The summed E-state index contributed by atoms with van der Waals surface area (Å²) in [5.74, 6) is -0.374. The summed E-state index contributed by atoms with van der Waals surface area (Å²) in [6, 6.07) is 8.81. The molecule has 1 N–H and O–H groups in total. The number of anilines is 1. The van der Waals surface area contributed by atoms with Crippen molar-refractivity contribution in [2.24, 2.45) is 4.99 Å². The molecule has 120 valence electrons. The smallest absolute Gasteiger partial charge is 0.242 e. The van der Waals surface area contributed by atoms with Gasteiger partial charge in [0.25, 0.3) is 0 Å². The van der Waals surface area contributed by atoms with Crippen LogP contribution in [0.5, 0.6) is 0 Å². The van der Waals surface area contributed by atoms with E-state index in [0.717, 1.165) is 0 Å². The van der Waals surface area contributed by atoms with Gasteiger partial charge in [0.05, 0.1) is 11.3 Å². The second kappa shape index (κ2) is 7.79. The number of rotatable bonds is 5. The molecule has 1 heterocycles. The van der Waals surface area contributed by atoms with Gasteiger partial charge >= 0.3 is 0 Å². The maximum atomic E-state index is 12.3. The Balaban J connectivity index is 2.05. The first-order valence-corrected chi connectivity index (χ1v) is 8.30. The molecular formula is C16H18N4O2S. The average molecular weight is 330 g/mol. The van der Waals surface area contributed by atoms with Crippen LogP contribution in [0.15, 0.2) is 29.3 Å². The van der Waals surface area contributed by atoms with Crippen LogP contribution in [0, 0.1) is 11.3 Å². The predicted molar refractivity (Wildman–Crippen MR) is 91.1 cm³/mol. The standard InChI is InChI=1S/C16H18N4O2S/c1-3-18-16-20(4-2)15(22)13(23-16)9-14(21)19-12-8-6-5-7-11(12)10-17/h5-8,13H,3-4,9H2,1-2H3,(H,19,21)/t13-/m1/s1. The second-order valence-electron chi connectivity index (χ2n) is 4.86. The first kappa shape index (κ1) is 17.0. The third kappa shape index (κ3) is 3.90. The van der Waals surface area contributed by atoms with E-state index in [0.29, 0.717) is 29.5 Å². The number of carbonyl (C=O) groups excluding carboxylic acids is 2. The first-order valence-electron chi connectivity index (χ1n) is 7.42. The molecule has 0 radical (unpaired) electrons. The van der Waals surface area contributed by atoms with Gasteiger partial charge in [-0.2, -0.15) is 5.26 Å². The monoisotopic (exact) mass is 330 g/mol. The number of para-hydroxylation sites is 1. The lowest BCUT2D eigenvalue weighted by Gasteiger charge is -2.13. The highest BCUT2D eigenvalue weighted by Gasteiger charge is 2.38. The number of amidine groups is 1. The molecule has 0 saturated carbocycles. The van der Waals surface area contributed by atoms with E-state index in [1.54, 1.807) is 29.2 Å². The zero-order valence-corrected chi connectivity index (χ0v) is 13.9. The largest absolute Gasteiger partial charge is 0.325 e. The van der Waals surface area contributed by atoms with Gasteiger partial charge in [0.1, 0.15) is 11.3 Å². The average Bonchev–Trinajstić information content (AvgIpc) is 2.83. The highest BCUT2D eigenvalue weighted by molar-refractivity contribution is 8.15. The Kier molecular flexibility index (Phi) is 5.77. The number of hydrogen-bond acceptors (Lipinski definition) is 5. The molecule has 23 heavy (non-hydrogen) atoms. The zero-order valence-electron chi connectivity index (χ0n) is 13.1. The molecule has 0 bridgehead atoms. The normalized spacial score (nSPS) is 19.0. The van der Waals surface area contributed by atoms with Crippen molar-refractivity contribution in [3.8, 4) is 6.07 Å². The Labute approximate surface area is 139 Å². The minimum Gasteiger partial charge on any atom is -0.325 e. The van der Waals surface area contributed by atoms with Crippen LogP contribution in [-0.2, 0) is 9.59 Å². The SMILES string of the molecule is CCN=C1S[C@H](CC(=O)Nc2ccccc2C#N)C(=O)N1CC. The Morgan fingerprint density at radius 1 is 1.43 bits per heavy atom. The number of thioether (sulfide) groups is 1. The molecule has 1 fully saturated rings. The molecule has 0 unspecified atom stereocenters. The summed E-state index contributed by atoms with van der Waals surface area (Å²) in [6.07, 6.45) is 0.0580. The number of amides is 2. The highest BCUT2D eigenvalue weighted by atomic mass is 32.2. The topological polar surface area (TPSA) is 85.6 Å². The van der Waals surface area contributed by atoms with Crippen LogP contribution in [-0.4, -0.2) is 40.2 Å². The van der Waals surface area contributed by atoms with Crippen LogP contribution in [0.2, 0.25) is 0 Å². The van der Waals surface area contributed by atoms with E-state index in [9.17, 15) is 9.59 Å². The fourth-order valence-corrected chi connectivity index (χ4v) is 3.51. The third-order valence-corrected chi connectivity index (χ3v) is 4.54. The van der Waals surface area contributed by atoms with Gasteiger partial charge in [0.2, 0.25) is 11.8 Å². The first-order chi connectivity index (χ1) is 11.1. The molecule has 0 aromatic heterocycles. The summed E-state index contributed by atoms with van der Waals surface area (Å²) < 4.78 is 0. The minimum atomic E-state index is -0.463. The second-order valence-corrected chi connectivity index (χ2v) is 6.03. The maximum Gasteiger partial charge on any atom is 0.242 e. The van der Waals surface area contributed by atoms with Gasteiger partial charge in [-0.05, 0) is 26.0 Å². The van der Waals surface area contributed by atoms with E-state index >= 15 is 0 Å². The number of nitrogens with one attached hydrogen (secondary N) is 1. The van der Waals surface area contributed by atoms with Crippen LogP contribution >= 0.6 is 11.8 Å². The van der Waals surface area contributed by atoms with Gasteiger partial charge in [0, 0.05) is 19.5 Å². The van der Waals surface area contributed by atoms with Crippen molar-refractivity contribution in [1.82, 2.24) is 4.90 Å². The molecule has 2 amide bonds. The highest BCUT2D eigenvalue weighted by Crippen LogP contribution is 2.29. The van der Waals surface area contributed by atoms with E-state index in [4.69, 9.17) is 5.26 Å².